The van der Waals surface area contributed by atoms with Gasteiger partial charge in [-0.25, -0.2) is 4.98 Å². The van der Waals surface area contributed by atoms with E-state index in [-0.39, 0.29) is 6.04 Å². The molecule has 0 bridgehead atoms. The van der Waals surface area contributed by atoms with E-state index in [1.807, 2.05) is 7.05 Å². The van der Waals surface area contributed by atoms with Crippen LogP contribution < -0.4 is 14.8 Å². The van der Waals surface area contributed by atoms with Crippen LogP contribution in [0.25, 0.3) is 0 Å². The Morgan fingerprint density at radius 1 is 1.26 bits per heavy atom. The first-order valence-corrected chi connectivity index (χ1v) is 6.92. The summed E-state index contributed by atoms with van der Waals surface area (Å²) in [6.07, 6.45) is 5.77. The fourth-order valence-corrected chi connectivity index (χ4v) is 3.71. The maximum Gasteiger partial charge on any atom is 0.240 e. The first-order valence-electron chi connectivity index (χ1n) is 6.92. The Bertz CT molecular complexity index is 456. The Hall–Kier alpha value is -1.36. The van der Waals surface area contributed by atoms with Crippen LogP contribution in [0.1, 0.15) is 31.0 Å². The monoisotopic (exact) mass is 263 g/mol. The number of rotatable bonds is 5. The van der Waals surface area contributed by atoms with Crippen LogP contribution in [0.3, 0.4) is 0 Å². The SMILES string of the molecule is CNC(c1ncc(OC)nc1OC)C1C2CCCC21. The summed E-state index contributed by atoms with van der Waals surface area (Å²) in [6, 6.07) is 0.239. The largest absolute Gasteiger partial charge is 0.480 e. The van der Waals surface area contributed by atoms with E-state index in [4.69, 9.17) is 9.47 Å². The maximum atomic E-state index is 5.38. The van der Waals surface area contributed by atoms with Crippen LogP contribution >= 0.6 is 0 Å². The van der Waals surface area contributed by atoms with Gasteiger partial charge < -0.3 is 14.8 Å². The van der Waals surface area contributed by atoms with Crippen LogP contribution in [-0.2, 0) is 0 Å². The summed E-state index contributed by atoms with van der Waals surface area (Å²) in [5.74, 6) is 3.49. The minimum Gasteiger partial charge on any atom is -0.480 e. The van der Waals surface area contributed by atoms with Gasteiger partial charge in [0.15, 0.2) is 0 Å². The third kappa shape index (κ3) is 2.06. The number of nitrogens with one attached hydrogen (secondary N) is 1. The molecule has 2 aliphatic rings. The van der Waals surface area contributed by atoms with Crippen LogP contribution in [0.5, 0.6) is 11.8 Å². The quantitative estimate of drug-likeness (QED) is 0.878. The smallest absolute Gasteiger partial charge is 0.240 e. The number of methoxy groups -OCH3 is 2. The molecule has 0 saturated heterocycles. The Morgan fingerprint density at radius 2 is 2.00 bits per heavy atom. The number of ether oxygens (including phenoxy) is 2. The molecule has 0 amide bonds. The molecule has 3 atom stereocenters. The molecular weight excluding hydrogens is 242 g/mol. The summed E-state index contributed by atoms with van der Waals surface area (Å²) in [4.78, 5) is 8.84. The highest BCUT2D eigenvalue weighted by atomic mass is 16.5. The second kappa shape index (κ2) is 4.96. The van der Waals surface area contributed by atoms with Gasteiger partial charge >= 0.3 is 0 Å². The number of hydrogen-bond acceptors (Lipinski definition) is 5. The van der Waals surface area contributed by atoms with Crippen LogP contribution in [-0.4, -0.2) is 31.2 Å². The number of aromatic nitrogens is 2. The van der Waals surface area contributed by atoms with Crippen molar-refractivity contribution < 1.29 is 9.47 Å². The van der Waals surface area contributed by atoms with Crippen molar-refractivity contribution in [3.8, 4) is 11.8 Å². The standard InChI is InChI=1S/C14H21N3O2/c1-15-12(11-8-5-4-6-9(8)11)13-14(19-3)17-10(18-2)7-16-13/h7-9,11-12,15H,4-6H2,1-3H3. The van der Waals surface area contributed by atoms with Crippen molar-refractivity contribution in [1.29, 1.82) is 0 Å². The molecule has 0 spiro atoms. The molecule has 1 aromatic rings. The molecule has 5 heteroatoms. The predicted octanol–water partition coefficient (Wildman–Crippen LogP) is 1.80. The molecule has 1 heterocycles. The van der Waals surface area contributed by atoms with Crippen molar-refractivity contribution in [2.24, 2.45) is 17.8 Å². The molecular formula is C14H21N3O2. The summed E-state index contributed by atoms with van der Waals surface area (Å²) in [6.45, 7) is 0. The fourth-order valence-electron chi connectivity index (χ4n) is 3.71. The lowest BCUT2D eigenvalue weighted by Gasteiger charge is -2.19. The van der Waals surface area contributed by atoms with Crippen molar-refractivity contribution in [3.63, 3.8) is 0 Å². The lowest BCUT2D eigenvalue weighted by atomic mass is 10.0. The molecule has 0 aliphatic heterocycles. The van der Waals surface area contributed by atoms with Crippen LogP contribution in [0.15, 0.2) is 6.20 Å². The van der Waals surface area contributed by atoms with Crippen LogP contribution in [0, 0.1) is 17.8 Å². The normalized spacial score (nSPS) is 29.7. The van der Waals surface area contributed by atoms with E-state index in [1.54, 1.807) is 20.4 Å². The minimum absolute atomic E-state index is 0.239. The lowest BCUT2D eigenvalue weighted by molar-refractivity contribution is 0.341. The van der Waals surface area contributed by atoms with E-state index in [2.05, 4.69) is 15.3 Å². The van der Waals surface area contributed by atoms with Gasteiger partial charge in [0.25, 0.3) is 0 Å². The van der Waals surface area contributed by atoms with Crippen molar-refractivity contribution in [1.82, 2.24) is 15.3 Å². The predicted molar refractivity (Wildman–Crippen MR) is 71.3 cm³/mol. The zero-order chi connectivity index (χ0) is 13.4. The Balaban J connectivity index is 1.87. The highest BCUT2D eigenvalue weighted by Crippen LogP contribution is 2.62. The average molecular weight is 263 g/mol. The molecule has 5 nitrogen and oxygen atoms in total. The van der Waals surface area contributed by atoms with Gasteiger partial charge in [0.05, 0.1) is 26.5 Å². The third-order valence-corrected chi connectivity index (χ3v) is 4.61. The lowest BCUT2D eigenvalue weighted by Crippen LogP contribution is -2.23. The molecule has 1 N–H and O–H groups in total. The van der Waals surface area contributed by atoms with Crippen molar-refractivity contribution >= 4 is 0 Å². The molecule has 0 aromatic carbocycles. The Labute approximate surface area is 113 Å². The van der Waals surface area contributed by atoms with E-state index < -0.39 is 0 Å². The second-order valence-electron chi connectivity index (χ2n) is 5.41. The zero-order valence-electron chi connectivity index (χ0n) is 11.7. The van der Waals surface area contributed by atoms with Crippen LogP contribution in [0.4, 0.5) is 0 Å². The van der Waals surface area contributed by atoms with Gasteiger partial charge in [-0.15, -0.1) is 0 Å². The molecule has 19 heavy (non-hydrogen) atoms. The summed E-state index contributed by atoms with van der Waals surface area (Å²) in [5.41, 5.74) is 0.908. The molecule has 3 unspecified atom stereocenters. The van der Waals surface area contributed by atoms with E-state index in [0.29, 0.717) is 17.7 Å². The highest BCUT2D eigenvalue weighted by Gasteiger charge is 2.56. The first kappa shape index (κ1) is 12.7. The average Bonchev–Trinajstić information content (AvgIpc) is 2.92. The van der Waals surface area contributed by atoms with E-state index in [0.717, 1.165) is 17.5 Å². The number of hydrogen-bond donors (Lipinski definition) is 1. The zero-order valence-corrected chi connectivity index (χ0v) is 11.7. The fraction of sp³-hybridized carbons (Fsp3) is 0.714. The van der Waals surface area contributed by atoms with E-state index >= 15 is 0 Å². The topological polar surface area (TPSA) is 56.3 Å². The van der Waals surface area contributed by atoms with E-state index in [9.17, 15) is 0 Å². The Kier molecular flexibility index (Phi) is 3.31. The second-order valence-corrected chi connectivity index (χ2v) is 5.41. The van der Waals surface area contributed by atoms with Gasteiger partial charge in [-0.2, -0.15) is 4.98 Å². The third-order valence-electron chi connectivity index (χ3n) is 4.61. The van der Waals surface area contributed by atoms with Crippen LogP contribution in [0.2, 0.25) is 0 Å². The molecule has 104 valence electrons. The van der Waals surface area contributed by atoms with Crippen molar-refractivity contribution in [2.45, 2.75) is 25.3 Å². The van der Waals surface area contributed by atoms with Gasteiger partial charge in [-0.3, -0.25) is 0 Å². The molecule has 2 fully saturated rings. The maximum absolute atomic E-state index is 5.38. The summed E-state index contributed by atoms with van der Waals surface area (Å²) in [5, 5.41) is 3.40. The summed E-state index contributed by atoms with van der Waals surface area (Å²) >= 11 is 0. The summed E-state index contributed by atoms with van der Waals surface area (Å²) < 4.78 is 10.5. The highest BCUT2D eigenvalue weighted by molar-refractivity contribution is 5.28. The van der Waals surface area contributed by atoms with Crippen molar-refractivity contribution in [2.75, 3.05) is 21.3 Å². The van der Waals surface area contributed by atoms with E-state index in [1.165, 1.54) is 19.3 Å². The molecule has 3 rings (SSSR count). The molecule has 0 radical (unpaired) electrons. The van der Waals surface area contributed by atoms with Gasteiger partial charge in [-0.05, 0) is 37.6 Å². The number of fused-ring (bicyclic) bond motifs is 1. The van der Waals surface area contributed by atoms with Gasteiger partial charge in [0.1, 0.15) is 5.69 Å². The summed E-state index contributed by atoms with van der Waals surface area (Å²) in [7, 11) is 5.21. The minimum atomic E-state index is 0.239. The van der Waals surface area contributed by atoms with Gasteiger partial charge in [0.2, 0.25) is 11.8 Å². The van der Waals surface area contributed by atoms with Crippen molar-refractivity contribution in [3.05, 3.63) is 11.9 Å². The first-order chi connectivity index (χ1) is 9.30. The van der Waals surface area contributed by atoms with Gasteiger partial charge in [0, 0.05) is 0 Å². The molecule has 2 saturated carbocycles. The molecule has 1 aromatic heterocycles. The Morgan fingerprint density at radius 3 is 2.58 bits per heavy atom. The molecule has 2 aliphatic carbocycles. The number of nitrogens with zero attached hydrogens (tertiary/aromatic N) is 2. The van der Waals surface area contributed by atoms with Gasteiger partial charge in [-0.1, -0.05) is 6.42 Å².